The van der Waals surface area contributed by atoms with Gasteiger partial charge in [0.2, 0.25) is 0 Å². The molecular formula is C12H11F3N2O2S. The maximum atomic E-state index is 12.7. The Labute approximate surface area is 117 Å². The first-order valence-electron chi connectivity index (χ1n) is 5.57. The molecule has 1 aromatic rings. The summed E-state index contributed by atoms with van der Waals surface area (Å²) >= 11 is 0.756. The largest absolute Gasteiger partial charge is 0.465 e. The number of hydrogen-bond donors (Lipinski definition) is 0. The molecule has 0 aliphatic rings. The van der Waals surface area contributed by atoms with E-state index < -0.39 is 17.8 Å². The molecule has 0 spiro atoms. The number of rotatable bonds is 4. The van der Waals surface area contributed by atoms with Crippen molar-refractivity contribution in [1.29, 1.82) is 5.26 Å². The molecule has 0 bridgehead atoms. The Morgan fingerprint density at radius 3 is 2.70 bits per heavy atom. The topological polar surface area (TPSA) is 63.0 Å². The average Bonchev–Trinajstić information content (AvgIpc) is 2.35. The first-order chi connectivity index (χ1) is 9.29. The summed E-state index contributed by atoms with van der Waals surface area (Å²) in [5.41, 5.74) is -0.881. The van der Waals surface area contributed by atoms with Crippen LogP contribution in [0.2, 0.25) is 0 Å². The molecule has 1 aromatic heterocycles. The molecule has 0 saturated carbocycles. The minimum absolute atomic E-state index is 0.0345. The number of nitriles is 1. The molecule has 0 unspecified atom stereocenters. The van der Waals surface area contributed by atoms with E-state index in [1.807, 2.05) is 0 Å². The van der Waals surface area contributed by atoms with Crippen molar-refractivity contribution >= 4 is 17.7 Å². The van der Waals surface area contributed by atoms with Crippen molar-refractivity contribution in [2.24, 2.45) is 0 Å². The SMILES string of the molecule is CCOC(=O)CSc1nc(C(F)(F)F)cc(C)c1C#N. The molecule has 108 valence electrons. The lowest BCUT2D eigenvalue weighted by molar-refractivity contribution is -0.141. The number of thioether (sulfide) groups is 1. The van der Waals surface area contributed by atoms with Gasteiger partial charge in [0.25, 0.3) is 0 Å². The van der Waals surface area contributed by atoms with Gasteiger partial charge < -0.3 is 4.74 Å². The first kappa shape index (κ1) is 16.3. The number of carbonyl (C=O) groups is 1. The quantitative estimate of drug-likeness (QED) is 0.632. The average molecular weight is 304 g/mol. The third kappa shape index (κ3) is 4.13. The number of carbonyl (C=O) groups excluding carboxylic acids is 1. The molecule has 4 nitrogen and oxygen atoms in total. The highest BCUT2D eigenvalue weighted by Crippen LogP contribution is 2.32. The van der Waals surface area contributed by atoms with Crippen molar-refractivity contribution in [3.8, 4) is 6.07 Å². The lowest BCUT2D eigenvalue weighted by Crippen LogP contribution is -2.11. The maximum absolute atomic E-state index is 12.7. The molecule has 0 aliphatic carbocycles. The van der Waals surface area contributed by atoms with Crippen LogP contribution in [0.1, 0.15) is 23.7 Å². The van der Waals surface area contributed by atoms with E-state index in [0.29, 0.717) is 0 Å². The summed E-state index contributed by atoms with van der Waals surface area (Å²) in [6.07, 6.45) is -4.60. The molecular weight excluding hydrogens is 293 g/mol. The zero-order valence-corrected chi connectivity index (χ0v) is 11.6. The number of pyridine rings is 1. The van der Waals surface area contributed by atoms with Gasteiger partial charge in [0, 0.05) is 0 Å². The Bertz CT molecular complexity index is 553. The van der Waals surface area contributed by atoms with E-state index in [9.17, 15) is 18.0 Å². The van der Waals surface area contributed by atoms with Gasteiger partial charge in [0.1, 0.15) is 16.8 Å². The zero-order valence-electron chi connectivity index (χ0n) is 10.7. The Hall–Kier alpha value is -1.75. The molecule has 0 aliphatic heterocycles. The molecule has 8 heteroatoms. The van der Waals surface area contributed by atoms with Crippen LogP contribution in [0.15, 0.2) is 11.1 Å². The summed E-state index contributed by atoms with van der Waals surface area (Å²) in [5.74, 6) is -0.769. The monoisotopic (exact) mass is 304 g/mol. The summed E-state index contributed by atoms with van der Waals surface area (Å²) in [4.78, 5) is 14.6. The summed E-state index contributed by atoms with van der Waals surface area (Å²) in [6.45, 7) is 3.19. The van der Waals surface area contributed by atoms with Crippen LogP contribution in [0, 0.1) is 18.3 Å². The van der Waals surface area contributed by atoms with Crippen molar-refractivity contribution in [2.75, 3.05) is 12.4 Å². The number of nitrogens with zero attached hydrogens (tertiary/aromatic N) is 2. The number of hydrogen-bond acceptors (Lipinski definition) is 5. The van der Waals surface area contributed by atoms with Crippen LogP contribution in [0.4, 0.5) is 13.2 Å². The van der Waals surface area contributed by atoms with Crippen LogP contribution >= 0.6 is 11.8 Å². The van der Waals surface area contributed by atoms with Crippen molar-refractivity contribution in [3.05, 3.63) is 22.9 Å². The molecule has 0 radical (unpaired) electrons. The van der Waals surface area contributed by atoms with E-state index in [1.165, 1.54) is 6.92 Å². The van der Waals surface area contributed by atoms with Gasteiger partial charge in [-0.05, 0) is 25.5 Å². The van der Waals surface area contributed by atoms with Crippen LogP contribution in [0.25, 0.3) is 0 Å². The zero-order chi connectivity index (χ0) is 15.3. The second kappa shape index (κ2) is 6.61. The van der Waals surface area contributed by atoms with Gasteiger partial charge in [0.15, 0.2) is 0 Å². The third-order valence-electron chi connectivity index (χ3n) is 2.22. The molecule has 0 amide bonds. The van der Waals surface area contributed by atoms with Gasteiger partial charge in [0.05, 0.1) is 17.9 Å². The van der Waals surface area contributed by atoms with E-state index in [0.717, 1.165) is 17.8 Å². The predicted molar refractivity (Wildman–Crippen MR) is 66.0 cm³/mol. The van der Waals surface area contributed by atoms with Crippen molar-refractivity contribution < 1.29 is 22.7 Å². The van der Waals surface area contributed by atoms with Crippen LogP contribution in [-0.2, 0) is 15.7 Å². The molecule has 0 atom stereocenters. The molecule has 0 fully saturated rings. The second-order valence-corrected chi connectivity index (χ2v) is 4.67. The fraction of sp³-hybridized carbons (Fsp3) is 0.417. The molecule has 1 rings (SSSR count). The number of aromatic nitrogens is 1. The van der Waals surface area contributed by atoms with Gasteiger partial charge in [-0.25, -0.2) is 4.98 Å². The lowest BCUT2D eigenvalue weighted by Gasteiger charge is -2.11. The molecule has 0 aromatic carbocycles. The van der Waals surface area contributed by atoms with E-state index in [-0.39, 0.29) is 28.5 Å². The summed E-state index contributed by atoms with van der Waals surface area (Å²) < 4.78 is 42.6. The predicted octanol–water partition coefficient (Wildman–Crippen LogP) is 2.94. The molecule has 0 N–H and O–H groups in total. The summed E-state index contributed by atoms with van der Waals surface area (Å²) in [5, 5.41) is 8.84. The van der Waals surface area contributed by atoms with Gasteiger partial charge in [-0.15, -0.1) is 0 Å². The maximum Gasteiger partial charge on any atom is 0.433 e. The molecule has 1 heterocycles. The van der Waals surface area contributed by atoms with Crippen molar-refractivity contribution in [1.82, 2.24) is 4.98 Å². The first-order valence-corrected chi connectivity index (χ1v) is 6.55. The summed E-state index contributed by atoms with van der Waals surface area (Å²) in [6, 6.07) is 2.61. The minimum atomic E-state index is -4.60. The Morgan fingerprint density at radius 2 is 2.20 bits per heavy atom. The second-order valence-electron chi connectivity index (χ2n) is 3.71. The van der Waals surface area contributed by atoms with Gasteiger partial charge in [-0.2, -0.15) is 18.4 Å². The van der Waals surface area contributed by atoms with Crippen LogP contribution in [-0.4, -0.2) is 23.3 Å². The van der Waals surface area contributed by atoms with Crippen LogP contribution < -0.4 is 0 Å². The molecule has 20 heavy (non-hydrogen) atoms. The standard InChI is InChI=1S/C12H11F3N2O2S/c1-3-19-10(18)6-20-11-8(5-16)7(2)4-9(17-11)12(13,14)15/h4H,3,6H2,1-2H3. The molecule has 0 saturated heterocycles. The lowest BCUT2D eigenvalue weighted by atomic mass is 10.1. The Kier molecular flexibility index (Phi) is 5.39. The fourth-order valence-electron chi connectivity index (χ4n) is 1.36. The van der Waals surface area contributed by atoms with Gasteiger partial charge >= 0.3 is 12.1 Å². The van der Waals surface area contributed by atoms with E-state index >= 15 is 0 Å². The number of halogens is 3. The smallest absolute Gasteiger partial charge is 0.433 e. The van der Waals surface area contributed by atoms with Crippen molar-refractivity contribution in [2.45, 2.75) is 25.0 Å². The highest BCUT2D eigenvalue weighted by Gasteiger charge is 2.34. The highest BCUT2D eigenvalue weighted by molar-refractivity contribution is 7.99. The summed E-state index contributed by atoms with van der Waals surface area (Å²) in [7, 11) is 0. The Morgan fingerprint density at radius 1 is 1.55 bits per heavy atom. The van der Waals surface area contributed by atoms with Gasteiger partial charge in [-0.1, -0.05) is 11.8 Å². The van der Waals surface area contributed by atoms with E-state index in [4.69, 9.17) is 5.26 Å². The number of alkyl halides is 3. The van der Waals surface area contributed by atoms with Crippen LogP contribution in [0.5, 0.6) is 0 Å². The number of esters is 1. The minimum Gasteiger partial charge on any atom is -0.465 e. The van der Waals surface area contributed by atoms with Gasteiger partial charge in [-0.3, -0.25) is 4.79 Å². The van der Waals surface area contributed by atoms with E-state index in [1.54, 1.807) is 13.0 Å². The fourth-order valence-corrected chi connectivity index (χ4v) is 2.21. The number of aryl methyl sites for hydroxylation is 1. The number of ether oxygens (including phenoxy) is 1. The van der Waals surface area contributed by atoms with Crippen LogP contribution in [0.3, 0.4) is 0 Å². The van der Waals surface area contributed by atoms with E-state index in [2.05, 4.69) is 9.72 Å². The van der Waals surface area contributed by atoms with Crippen molar-refractivity contribution in [3.63, 3.8) is 0 Å². The Balaban J connectivity index is 3.07. The highest BCUT2D eigenvalue weighted by atomic mass is 32.2. The third-order valence-corrected chi connectivity index (χ3v) is 3.17. The normalized spacial score (nSPS) is 11.0.